The van der Waals surface area contributed by atoms with E-state index in [1.165, 1.54) is 5.56 Å². The van der Waals surface area contributed by atoms with Gasteiger partial charge in [0, 0.05) is 31.4 Å². The van der Waals surface area contributed by atoms with Crippen LogP contribution in [0, 0.1) is 0 Å². The van der Waals surface area contributed by atoms with Crippen molar-refractivity contribution in [2.24, 2.45) is 5.73 Å². The molecule has 0 atom stereocenters. The second-order valence-electron chi connectivity index (χ2n) is 5.10. The largest absolute Gasteiger partial charge is 0.378 e. The Balaban J connectivity index is 2.14. The van der Waals surface area contributed by atoms with Crippen molar-refractivity contribution in [2.45, 2.75) is 32.5 Å². The number of aromatic nitrogens is 1. The second-order valence-corrected chi connectivity index (χ2v) is 5.10. The van der Waals surface area contributed by atoms with Crippen LogP contribution in [0.3, 0.4) is 0 Å². The molecule has 2 heterocycles. The van der Waals surface area contributed by atoms with E-state index in [-0.39, 0.29) is 5.54 Å². The average molecular weight is 235 g/mol. The smallest absolute Gasteiger partial charge is 0.0645 e. The van der Waals surface area contributed by atoms with E-state index < -0.39 is 0 Å². The second kappa shape index (κ2) is 5.12. The monoisotopic (exact) mass is 235 g/mol. The molecule has 0 aromatic carbocycles. The molecule has 0 saturated carbocycles. The topological polar surface area (TPSA) is 51.4 Å². The summed E-state index contributed by atoms with van der Waals surface area (Å²) in [4.78, 5) is 6.76. The van der Waals surface area contributed by atoms with E-state index in [2.05, 4.69) is 29.8 Å². The van der Waals surface area contributed by atoms with Gasteiger partial charge in [0.2, 0.25) is 0 Å². The SMILES string of the molecule is CC1(C)COCCN1Cc1cccnc1CN. The minimum absolute atomic E-state index is 0.0833. The van der Waals surface area contributed by atoms with Crippen molar-refractivity contribution in [2.75, 3.05) is 19.8 Å². The summed E-state index contributed by atoms with van der Waals surface area (Å²) in [7, 11) is 0. The lowest BCUT2D eigenvalue weighted by molar-refractivity contribution is -0.0554. The van der Waals surface area contributed by atoms with Crippen LogP contribution in [-0.2, 0) is 17.8 Å². The first kappa shape index (κ1) is 12.5. The maximum atomic E-state index is 5.72. The maximum absolute atomic E-state index is 5.72. The van der Waals surface area contributed by atoms with Crippen LogP contribution in [0.4, 0.5) is 0 Å². The first-order chi connectivity index (χ1) is 8.13. The summed E-state index contributed by atoms with van der Waals surface area (Å²) in [5.41, 5.74) is 8.02. The van der Waals surface area contributed by atoms with Crippen molar-refractivity contribution < 1.29 is 4.74 Å². The number of nitrogens with zero attached hydrogens (tertiary/aromatic N) is 2. The van der Waals surface area contributed by atoms with Crippen molar-refractivity contribution in [3.05, 3.63) is 29.6 Å². The minimum Gasteiger partial charge on any atom is -0.378 e. The molecule has 0 unspecified atom stereocenters. The van der Waals surface area contributed by atoms with Gasteiger partial charge >= 0.3 is 0 Å². The molecule has 1 aromatic rings. The van der Waals surface area contributed by atoms with Crippen LogP contribution in [0.5, 0.6) is 0 Å². The molecule has 0 radical (unpaired) electrons. The molecule has 1 fully saturated rings. The van der Waals surface area contributed by atoms with E-state index in [1.54, 1.807) is 6.20 Å². The van der Waals surface area contributed by atoms with Gasteiger partial charge in [0.25, 0.3) is 0 Å². The predicted molar refractivity (Wildman–Crippen MR) is 67.4 cm³/mol. The lowest BCUT2D eigenvalue weighted by Gasteiger charge is -2.42. The summed E-state index contributed by atoms with van der Waals surface area (Å²) in [5.74, 6) is 0. The highest BCUT2D eigenvalue weighted by Crippen LogP contribution is 2.22. The van der Waals surface area contributed by atoms with E-state index >= 15 is 0 Å². The van der Waals surface area contributed by atoms with E-state index in [0.717, 1.165) is 32.0 Å². The molecule has 1 aromatic heterocycles. The van der Waals surface area contributed by atoms with Gasteiger partial charge in [-0.1, -0.05) is 6.07 Å². The first-order valence-electron chi connectivity index (χ1n) is 6.09. The quantitative estimate of drug-likeness (QED) is 0.854. The van der Waals surface area contributed by atoms with Gasteiger partial charge in [-0.25, -0.2) is 0 Å². The standard InChI is InChI=1S/C13H21N3O/c1-13(2)10-17-7-6-16(13)9-11-4-3-5-15-12(11)8-14/h3-5H,6-10,14H2,1-2H3. The van der Waals surface area contributed by atoms with Gasteiger partial charge in [0.15, 0.2) is 0 Å². The normalized spacial score (nSPS) is 20.4. The zero-order valence-electron chi connectivity index (χ0n) is 10.6. The molecular weight excluding hydrogens is 214 g/mol. The van der Waals surface area contributed by atoms with Crippen LogP contribution in [-0.4, -0.2) is 35.2 Å². The molecule has 17 heavy (non-hydrogen) atoms. The Labute approximate surface area is 103 Å². The summed E-state index contributed by atoms with van der Waals surface area (Å²) in [6.45, 7) is 8.38. The fourth-order valence-corrected chi connectivity index (χ4v) is 2.19. The molecule has 4 heteroatoms. The zero-order chi connectivity index (χ0) is 12.3. The molecule has 4 nitrogen and oxygen atoms in total. The van der Waals surface area contributed by atoms with E-state index in [9.17, 15) is 0 Å². The van der Waals surface area contributed by atoms with Gasteiger partial charge in [0.05, 0.1) is 18.9 Å². The maximum Gasteiger partial charge on any atom is 0.0645 e. The Hall–Kier alpha value is -0.970. The molecule has 1 saturated heterocycles. The summed E-state index contributed by atoms with van der Waals surface area (Å²) in [6, 6.07) is 4.09. The van der Waals surface area contributed by atoms with Crippen molar-refractivity contribution in [1.82, 2.24) is 9.88 Å². The summed E-state index contributed by atoms with van der Waals surface area (Å²) in [5, 5.41) is 0. The summed E-state index contributed by atoms with van der Waals surface area (Å²) < 4.78 is 5.53. The molecule has 0 aliphatic carbocycles. The fourth-order valence-electron chi connectivity index (χ4n) is 2.19. The first-order valence-corrected chi connectivity index (χ1v) is 6.09. The van der Waals surface area contributed by atoms with Crippen LogP contribution < -0.4 is 5.73 Å². The lowest BCUT2D eigenvalue weighted by atomic mass is 10.0. The van der Waals surface area contributed by atoms with Gasteiger partial charge in [-0.15, -0.1) is 0 Å². The fraction of sp³-hybridized carbons (Fsp3) is 0.615. The van der Waals surface area contributed by atoms with E-state index in [1.807, 2.05) is 6.07 Å². The predicted octanol–water partition coefficient (Wildman–Crippen LogP) is 1.15. The van der Waals surface area contributed by atoms with Crippen molar-refractivity contribution in [3.63, 3.8) is 0 Å². The van der Waals surface area contributed by atoms with Crippen LogP contribution in [0.25, 0.3) is 0 Å². The third-order valence-electron chi connectivity index (χ3n) is 3.36. The Morgan fingerprint density at radius 2 is 2.35 bits per heavy atom. The Kier molecular flexibility index (Phi) is 3.76. The van der Waals surface area contributed by atoms with Gasteiger partial charge < -0.3 is 10.5 Å². The molecule has 2 rings (SSSR count). The number of hydrogen-bond donors (Lipinski definition) is 1. The van der Waals surface area contributed by atoms with Crippen LogP contribution in [0.2, 0.25) is 0 Å². The Bertz CT molecular complexity index is 379. The van der Waals surface area contributed by atoms with Crippen molar-refractivity contribution in [3.8, 4) is 0 Å². The highest BCUT2D eigenvalue weighted by molar-refractivity contribution is 5.20. The zero-order valence-corrected chi connectivity index (χ0v) is 10.6. The molecule has 0 spiro atoms. The molecule has 0 bridgehead atoms. The Morgan fingerprint density at radius 3 is 3.06 bits per heavy atom. The van der Waals surface area contributed by atoms with Crippen molar-refractivity contribution >= 4 is 0 Å². The number of hydrogen-bond acceptors (Lipinski definition) is 4. The average Bonchev–Trinajstić information content (AvgIpc) is 2.32. The molecule has 94 valence electrons. The number of ether oxygens (including phenoxy) is 1. The van der Waals surface area contributed by atoms with E-state index in [0.29, 0.717) is 6.54 Å². The lowest BCUT2D eigenvalue weighted by Crippen LogP contribution is -2.52. The summed E-state index contributed by atoms with van der Waals surface area (Å²) in [6.07, 6.45) is 1.80. The van der Waals surface area contributed by atoms with Crippen LogP contribution in [0.1, 0.15) is 25.1 Å². The van der Waals surface area contributed by atoms with Crippen molar-refractivity contribution in [1.29, 1.82) is 0 Å². The molecule has 1 aliphatic heterocycles. The number of nitrogens with two attached hydrogens (primary N) is 1. The minimum atomic E-state index is 0.0833. The molecule has 0 amide bonds. The number of rotatable bonds is 3. The molecule has 1 aliphatic rings. The van der Waals surface area contributed by atoms with Crippen LogP contribution >= 0.6 is 0 Å². The van der Waals surface area contributed by atoms with E-state index in [4.69, 9.17) is 10.5 Å². The van der Waals surface area contributed by atoms with Gasteiger partial charge in [-0.05, 0) is 25.5 Å². The van der Waals surface area contributed by atoms with Gasteiger partial charge in [0.1, 0.15) is 0 Å². The highest BCUT2D eigenvalue weighted by atomic mass is 16.5. The Morgan fingerprint density at radius 1 is 1.53 bits per heavy atom. The summed E-state index contributed by atoms with van der Waals surface area (Å²) >= 11 is 0. The third kappa shape index (κ3) is 2.83. The molecule has 2 N–H and O–H groups in total. The molecular formula is C13H21N3O. The number of morpholine rings is 1. The number of pyridine rings is 1. The van der Waals surface area contributed by atoms with Gasteiger partial charge in [-0.3, -0.25) is 9.88 Å². The van der Waals surface area contributed by atoms with Crippen LogP contribution in [0.15, 0.2) is 18.3 Å². The third-order valence-corrected chi connectivity index (χ3v) is 3.36. The van der Waals surface area contributed by atoms with Gasteiger partial charge in [-0.2, -0.15) is 0 Å². The highest BCUT2D eigenvalue weighted by Gasteiger charge is 2.30.